The van der Waals surface area contributed by atoms with Crippen LogP contribution < -0.4 is 10.9 Å². The second-order valence-corrected chi connectivity index (χ2v) is 6.43. The summed E-state index contributed by atoms with van der Waals surface area (Å²) in [5, 5.41) is 7.28. The van der Waals surface area contributed by atoms with Crippen molar-refractivity contribution in [3.63, 3.8) is 0 Å². The summed E-state index contributed by atoms with van der Waals surface area (Å²) >= 11 is 0. The Balaban J connectivity index is 1.59. The van der Waals surface area contributed by atoms with Crippen LogP contribution in [0, 0.1) is 12.7 Å². The third kappa shape index (κ3) is 3.75. The predicted octanol–water partition coefficient (Wildman–Crippen LogP) is 2.45. The van der Waals surface area contributed by atoms with Gasteiger partial charge in [-0.3, -0.25) is 19.1 Å². The topological polar surface area (TPSA) is 94.7 Å². The van der Waals surface area contributed by atoms with Gasteiger partial charge in [0, 0.05) is 19.2 Å². The number of amides is 1. The van der Waals surface area contributed by atoms with E-state index in [9.17, 15) is 14.0 Å². The summed E-state index contributed by atoms with van der Waals surface area (Å²) in [4.78, 5) is 33.5. The number of anilines is 1. The summed E-state index contributed by atoms with van der Waals surface area (Å²) in [5.41, 5.74) is 1.29. The van der Waals surface area contributed by atoms with Gasteiger partial charge in [-0.15, -0.1) is 0 Å². The number of aryl methyl sites for hydroxylation is 1. The Labute approximate surface area is 164 Å². The van der Waals surface area contributed by atoms with Crippen molar-refractivity contribution in [1.82, 2.24) is 24.3 Å². The number of aromatic nitrogens is 5. The molecule has 0 unspecified atom stereocenters. The molecule has 3 aromatic heterocycles. The molecule has 0 saturated heterocycles. The van der Waals surface area contributed by atoms with Gasteiger partial charge in [0.05, 0.1) is 23.8 Å². The van der Waals surface area contributed by atoms with Gasteiger partial charge in [-0.25, -0.2) is 14.1 Å². The molecule has 1 aromatic carbocycles. The Kier molecular flexibility index (Phi) is 4.86. The third-order valence-corrected chi connectivity index (χ3v) is 4.46. The molecule has 0 atom stereocenters. The lowest BCUT2D eigenvalue weighted by atomic mass is 10.3. The van der Waals surface area contributed by atoms with Crippen molar-refractivity contribution in [1.29, 1.82) is 0 Å². The molecule has 29 heavy (non-hydrogen) atoms. The van der Waals surface area contributed by atoms with Gasteiger partial charge in [0.25, 0.3) is 5.56 Å². The molecule has 0 aliphatic rings. The minimum atomic E-state index is -0.360. The lowest BCUT2D eigenvalue weighted by molar-refractivity contribution is -0.116. The van der Waals surface area contributed by atoms with Gasteiger partial charge in [0.15, 0.2) is 5.65 Å². The van der Waals surface area contributed by atoms with E-state index < -0.39 is 0 Å². The fourth-order valence-corrected chi connectivity index (χ4v) is 3.01. The number of halogens is 1. The van der Waals surface area contributed by atoms with Crippen LogP contribution in [0.15, 0.2) is 59.8 Å². The van der Waals surface area contributed by atoms with Crippen molar-refractivity contribution >= 4 is 22.6 Å². The van der Waals surface area contributed by atoms with E-state index in [1.807, 2.05) is 0 Å². The zero-order chi connectivity index (χ0) is 20.4. The first-order chi connectivity index (χ1) is 14.0. The van der Waals surface area contributed by atoms with E-state index in [2.05, 4.69) is 20.4 Å². The second kappa shape index (κ2) is 7.63. The zero-order valence-corrected chi connectivity index (χ0v) is 15.5. The fourth-order valence-electron chi connectivity index (χ4n) is 3.01. The number of pyridine rings is 1. The van der Waals surface area contributed by atoms with Crippen molar-refractivity contribution in [3.8, 4) is 5.69 Å². The van der Waals surface area contributed by atoms with Crippen molar-refractivity contribution in [2.75, 3.05) is 5.32 Å². The number of hydrogen-bond donors (Lipinski definition) is 1. The highest BCUT2D eigenvalue weighted by atomic mass is 19.1. The molecular formula is C20H17FN6O2. The summed E-state index contributed by atoms with van der Waals surface area (Å²) in [6.07, 6.45) is 4.70. The van der Waals surface area contributed by atoms with Gasteiger partial charge >= 0.3 is 0 Å². The van der Waals surface area contributed by atoms with E-state index >= 15 is 0 Å². The van der Waals surface area contributed by atoms with E-state index in [0.717, 1.165) is 0 Å². The Morgan fingerprint density at radius 1 is 1.17 bits per heavy atom. The third-order valence-electron chi connectivity index (χ3n) is 4.46. The number of nitrogens with zero attached hydrogens (tertiary/aromatic N) is 5. The predicted molar refractivity (Wildman–Crippen MR) is 105 cm³/mol. The highest BCUT2D eigenvalue weighted by Gasteiger charge is 2.15. The van der Waals surface area contributed by atoms with Crippen LogP contribution in [0.1, 0.15) is 12.2 Å². The monoisotopic (exact) mass is 392 g/mol. The van der Waals surface area contributed by atoms with Crippen LogP contribution in [0.3, 0.4) is 0 Å². The molecular weight excluding hydrogens is 375 g/mol. The van der Waals surface area contributed by atoms with E-state index in [1.165, 1.54) is 27.6 Å². The van der Waals surface area contributed by atoms with Crippen LogP contribution in [0.5, 0.6) is 0 Å². The summed E-state index contributed by atoms with van der Waals surface area (Å²) in [6, 6.07) is 9.22. The molecule has 0 saturated carbocycles. The number of nitrogens with one attached hydrogen (secondary N) is 1. The van der Waals surface area contributed by atoms with Crippen LogP contribution in [-0.2, 0) is 11.3 Å². The van der Waals surface area contributed by atoms with Gasteiger partial charge in [-0.05, 0) is 43.3 Å². The molecule has 0 aliphatic carbocycles. The Morgan fingerprint density at radius 3 is 2.69 bits per heavy atom. The minimum Gasteiger partial charge on any atom is -0.325 e. The average molecular weight is 392 g/mol. The van der Waals surface area contributed by atoms with Crippen LogP contribution >= 0.6 is 0 Å². The number of hydrogen-bond acceptors (Lipinski definition) is 5. The van der Waals surface area contributed by atoms with Gasteiger partial charge in [0.2, 0.25) is 5.91 Å². The van der Waals surface area contributed by atoms with Gasteiger partial charge in [0.1, 0.15) is 17.0 Å². The standard InChI is InChI=1S/C20H17FN6O2/c1-13-24-19-17(12-23-27(19)16-6-4-14(21)5-7-16)20(29)26(13)10-8-18(28)25-15-3-2-9-22-11-15/h2-7,9,11-12H,8,10H2,1H3,(H,25,28). The van der Waals surface area contributed by atoms with Crippen LogP contribution in [0.4, 0.5) is 10.1 Å². The SMILES string of the molecule is Cc1nc2c(cnn2-c2ccc(F)cc2)c(=O)n1CCC(=O)Nc1cccnc1. The van der Waals surface area contributed by atoms with Crippen molar-refractivity contribution in [3.05, 3.63) is 77.0 Å². The molecule has 3 heterocycles. The van der Waals surface area contributed by atoms with Crippen LogP contribution in [0.2, 0.25) is 0 Å². The number of carbonyl (C=O) groups excluding carboxylic acids is 1. The van der Waals surface area contributed by atoms with Crippen molar-refractivity contribution in [2.24, 2.45) is 0 Å². The average Bonchev–Trinajstić information content (AvgIpc) is 3.13. The van der Waals surface area contributed by atoms with Gasteiger partial charge < -0.3 is 5.32 Å². The maximum absolute atomic E-state index is 13.2. The van der Waals surface area contributed by atoms with E-state index in [0.29, 0.717) is 28.2 Å². The lowest BCUT2D eigenvalue weighted by Gasteiger charge is -2.10. The molecule has 8 nitrogen and oxygen atoms in total. The number of benzene rings is 1. The first kappa shape index (κ1) is 18.5. The van der Waals surface area contributed by atoms with Crippen LogP contribution in [0.25, 0.3) is 16.7 Å². The highest BCUT2D eigenvalue weighted by Crippen LogP contribution is 2.15. The molecule has 0 fully saturated rings. The molecule has 9 heteroatoms. The summed E-state index contributed by atoms with van der Waals surface area (Å²) in [5.74, 6) is -0.131. The van der Waals surface area contributed by atoms with Crippen molar-refractivity contribution in [2.45, 2.75) is 19.9 Å². The maximum atomic E-state index is 13.2. The van der Waals surface area contributed by atoms with Crippen molar-refractivity contribution < 1.29 is 9.18 Å². The Bertz CT molecular complexity index is 1230. The lowest BCUT2D eigenvalue weighted by Crippen LogP contribution is -2.26. The van der Waals surface area contributed by atoms with E-state index in [1.54, 1.807) is 43.6 Å². The molecule has 0 bridgehead atoms. The fraction of sp³-hybridized carbons (Fsp3) is 0.150. The number of fused-ring (bicyclic) bond motifs is 1. The number of carbonyl (C=O) groups is 1. The first-order valence-corrected chi connectivity index (χ1v) is 8.94. The van der Waals surface area contributed by atoms with E-state index in [-0.39, 0.29) is 30.2 Å². The smallest absolute Gasteiger partial charge is 0.264 e. The summed E-state index contributed by atoms with van der Waals surface area (Å²) in [6.45, 7) is 1.88. The van der Waals surface area contributed by atoms with Crippen LogP contribution in [-0.4, -0.2) is 30.2 Å². The maximum Gasteiger partial charge on any atom is 0.264 e. The zero-order valence-electron chi connectivity index (χ0n) is 15.5. The molecule has 1 amide bonds. The Morgan fingerprint density at radius 2 is 1.97 bits per heavy atom. The molecule has 4 aromatic rings. The van der Waals surface area contributed by atoms with Gasteiger partial charge in [-0.2, -0.15) is 5.10 Å². The number of rotatable bonds is 5. The van der Waals surface area contributed by atoms with Gasteiger partial charge in [-0.1, -0.05) is 0 Å². The molecule has 1 N–H and O–H groups in total. The quantitative estimate of drug-likeness (QED) is 0.563. The second-order valence-electron chi connectivity index (χ2n) is 6.43. The normalized spacial score (nSPS) is 11.0. The molecule has 0 spiro atoms. The largest absolute Gasteiger partial charge is 0.325 e. The minimum absolute atomic E-state index is 0.106. The molecule has 4 rings (SSSR count). The Hall–Kier alpha value is -3.88. The summed E-state index contributed by atoms with van der Waals surface area (Å²) in [7, 11) is 0. The van der Waals surface area contributed by atoms with E-state index in [4.69, 9.17) is 0 Å². The highest BCUT2D eigenvalue weighted by molar-refractivity contribution is 5.90. The molecule has 146 valence electrons. The molecule has 0 aliphatic heterocycles. The molecule has 0 radical (unpaired) electrons. The summed E-state index contributed by atoms with van der Waals surface area (Å²) < 4.78 is 16.1. The first-order valence-electron chi connectivity index (χ1n) is 8.94.